The maximum Gasteiger partial charge on any atom is 0.347 e. The fourth-order valence-corrected chi connectivity index (χ4v) is 3.17. The molecule has 0 aliphatic heterocycles. The number of thiazole rings is 1. The van der Waals surface area contributed by atoms with Gasteiger partial charge in [-0.3, -0.25) is 0 Å². The van der Waals surface area contributed by atoms with Crippen LogP contribution >= 0.6 is 11.3 Å². The molecule has 1 aliphatic carbocycles. The molecule has 0 spiro atoms. The van der Waals surface area contributed by atoms with Crippen molar-refractivity contribution in [3.8, 4) is 0 Å². The van der Waals surface area contributed by atoms with Gasteiger partial charge in [-0.1, -0.05) is 39.0 Å². The van der Waals surface area contributed by atoms with Gasteiger partial charge in [-0.15, -0.1) is 0 Å². The Kier molecular flexibility index (Phi) is 2.51. The van der Waals surface area contributed by atoms with Crippen LogP contribution in [0.2, 0.25) is 0 Å². The molecule has 0 unspecified atom stereocenters. The Labute approximate surface area is 105 Å². The average Bonchev–Trinajstić information content (AvgIpc) is 2.51. The predicted octanol–water partition coefficient (Wildman–Crippen LogP) is 3.00. The number of aromatic carboxylic acids is 1. The Bertz CT molecular complexity index is 463. The summed E-state index contributed by atoms with van der Waals surface area (Å²) in [5.41, 5.74) is 1.02. The van der Waals surface area contributed by atoms with E-state index in [1.807, 2.05) is 0 Å². The molecule has 0 aromatic carbocycles. The molecule has 0 amide bonds. The van der Waals surface area contributed by atoms with Gasteiger partial charge in [-0.25, -0.2) is 9.78 Å². The largest absolute Gasteiger partial charge is 0.477 e. The van der Waals surface area contributed by atoms with E-state index in [1.165, 1.54) is 11.3 Å². The number of nitrogens with one attached hydrogen (secondary N) is 1. The molecule has 2 N–H and O–H groups in total. The molecule has 1 saturated carbocycles. The highest BCUT2D eigenvalue weighted by atomic mass is 32.1. The number of aryl methyl sites for hydroxylation is 1. The molecular formula is C12H18N2O2S. The monoisotopic (exact) mass is 254 g/mol. The highest BCUT2D eigenvalue weighted by Gasteiger charge is 2.65. The zero-order chi connectivity index (χ0) is 13.0. The molecule has 0 bridgehead atoms. The second-order valence-electron chi connectivity index (χ2n) is 5.76. The molecule has 4 nitrogen and oxygen atoms in total. The van der Waals surface area contributed by atoms with Crippen molar-refractivity contribution < 1.29 is 9.90 Å². The Balaban J connectivity index is 2.17. The van der Waals surface area contributed by atoms with Crippen LogP contribution in [0.3, 0.4) is 0 Å². The summed E-state index contributed by atoms with van der Waals surface area (Å²) in [6.45, 7) is 10.6. The van der Waals surface area contributed by atoms with E-state index in [4.69, 9.17) is 5.11 Å². The van der Waals surface area contributed by atoms with Crippen LogP contribution in [-0.4, -0.2) is 22.1 Å². The SMILES string of the molecule is Cc1nc(NC2C(C)(C)C2(C)C)sc1C(=O)O. The maximum absolute atomic E-state index is 10.9. The van der Waals surface area contributed by atoms with E-state index < -0.39 is 5.97 Å². The summed E-state index contributed by atoms with van der Waals surface area (Å²) in [4.78, 5) is 15.5. The normalized spacial score (nSPS) is 21.2. The number of hydrogen-bond acceptors (Lipinski definition) is 4. The first-order valence-corrected chi connectivity index (χ1v) is 6.47. The first-order chi connectivity index (χ1) is 7.68. The highest BCUT2D eigenvalue weighted by molar-refractivity contribution is 7.17. The maximum atomic E-state index is 10.9. The Morgan fingerprint density at radius 3 is 2.24 bits per heavy atom. The van der Waals surface area contributed by atoms with Crippen molar-refractivity contribution in [3.05, 3.63) is 10.6 Å². The van der Waals surface area contributed by atoms with E-state index in [9.17, 15) is 4.79 Å². The summed E-state index contributed by atoms with van der Waals surface area (Å²) >= 11 is 1.22. The summed E-state index contributed by atoms with van der Waals surface area (Å²) in [5, 5.41) is 13.0. The van der Waals surface area contributed by atoms with Crippen molar-refractivity contribution in [3.63, 3.8) is 0 Å². The van der Waals surface area contributed by atoms with Gasteiger partial charge in [0, 0.05) is 6.04 Å². The van der Waals surface area contributed by atoms with Crippen LogP contribution < -0.4 is 5.32 Å². The zero-order valence-electron chi connectivity index (χ0n) is 10.8. The lowest BCUT2D eigenvalue weighted by molar-refractivity contribution is 0.0701. The molecule has 1 heterocycles. The molecule has 1 aliphatic rings. The second-order valence-corrected chi connectivity index (χ2v) is 6.76. The summed E-state index contributed by atoms with van der Waals surface area (Å²) in [5.74, 6) is -0.901. The number of carboxylic acids is 1. The summed E-state index contributed by atoms with van der Waals surface area (Å²) < 4.78 is 0. The number of carbonyl (C=O) groups is 1. The van der Waals surface area contributed by atoms with Crippen molar-refractivity contribution in [2.24, 2.45) is 10.8 Å². The van der Waals surface area contributed by atoms with Crippen molar-refractivity contribution in [1.82, 2.24) is 4.98 Å². The van der Waals surface area contributed by atoms with E-state index in [-0.39, 0.29) is 10.8 Å². The average molecular weight is 254 g/mol. The third-order valence-electron chi connectivity index (χ3n) is 4.28. The summed E-state index contributed by atoms with van der Waals surface area (Å²) in [6.07, 6.45) is 0. The summed E-state index contributed by atoms with van der Waals surface area (Å²) in [6, 6.07) is 0.349. The van der Waals surface area contributed by atoms with Crippen LogP contribution in [0.4, 0.5) is 5.13 Å². The fraction of sp³-hybridized carbons (Fsp3) is 0.667. The van der Waals surface area contributed by atoms with Crippen LogP contribution in [0.15, 0.2) is 0 Å². The van der Waals surface area contributed by atoms with Gasteiger partial charge in [0.15, 0.2) is 5.13 Å². The number of hydrogen-bond donors (Lipinski definition) is 2. The lowest BCUT2D eigenvalue weighted by atomic mass is 10.0. The first kappa shape index (κ1) is 12.4. The quantitative estimate of drug-likeness (QED) is 0.870. The van der Waals surface area contributed by atoms with Crippen LogP contribution in [0.25, 0.3) is 0 Å². The number of carboxylic acid groups (broad SMARTS) is 1. The van der Waals surface area contributed by atoms with E-state index in [2.05, 4.69) is 38.0 Å². The van der Waals surface area contributed by atoms with E-state index in [0.29, 0.717) is 21.7 Å². The van der Waals surface area contributed by atoms with Gasteiger partial charge in [-0.05, 0) is 17.8 Å². The Hall–Kier alpha value is -1.10. The lowest BCUT2D eigenvalue weighted by Crippen LogP contribution is -2.09. The van der Waals surface area contributed by atoms with Crippen LogP contribution in [0, 0.1) is 17.8 Å². The molecule has 5 heteroatoms. The lowest BCUT2D eigenvalue weighted by Gasteiger charge is -2.03. The number of anilines is 1. The fourth-order valence-electron chi connectivity index (χ4n) is 2.34. The van der Waals surface area contributed by atoms with Crippen molar-refractivity contribution in [1.29, 1.82) is 0 Å². The van der Waals surface area contributed by atoms with Crippen LogP contribution in [-0.2, 0) is 0 Å². The molecule has 0 atom stereocenters. The molecule has 1 aromatic heterocycles. The molecule has 1 fully saturated rings. The molecule has 0 radical (unpaired) electrons. The second kappa shape index (κ2) is 3.45. The third-order valence-corrected chi connectivity index (χ3v) is 5.36. The number of aromatic nitrogens is 1. The van der Waals surface area contributed by atoms with Gasteiger partial charge in [-0.2, -0.15) is 0 Å². The van der Waals surface area contributed by atoms with Gasteiger partial charge in [0.2, 0.25) is 0 Å². The smallest absolute Gasteiger partial charge is 0.347 e. The standard InChI is InChI=1S/C12H18N2O2S/c1-6-7(8(15)16)17-10(13-6)14-9-11(2,3)12(9,4)5/h9H,1-5H3,(H,13,14)(H,15,16). The zero-order valence-corrected chi connectivity index (χ0v) is 11.6. The van der Waals surface area contributed by atoms with Gasteiger partial charge >= 0.3 is 5.97 Å². The Morgan fingerprint density at radius 1 is 1.35 bits per heavy atom. The third kappa shape index (κ3) is 1.73. The van der Waals surface area contributed by atoms with Gasteiger partial charge in [0.1, 0.15) is 4.88 Å². The molecular weight excluding hydrogens is 236 g/mol. The van der Waals surface area contributed by atoms with E-state index >= 15 is 0 Å². The Morgan fingerprint density at radius 2 is 1.88 bits per heavy atom. The van der Waals surface area contributed by atoms with Crippen molar-refractivity contribution in [2.45, 2.75) is 40.7 Å². The molecule has 17 heavy (non-hydrogen) atoms. The van der Waals surface area contributed by atoms with Crippen LogP contribution in [0.1, 0.15) is 43.1 Å². The number of nitrogens with zero attached hydrogens (tertiary/aromatic N) is 1. The minimum atomic E-state index is -0.901. The van der Waals surface area contributed by atoms with Crippen molar-refractivity contribution >= 4 is 22.4 Å². The topological polar surface area (TPSA) is 62.2 Å². The van der Waals surface area contributed by atoms with E-state index in [1.54, 1.807) is 6.92 Å². The molecule has 94 valence electrons. The highest BCUT2D eigenvalue weighted by Crippen LogP contribution is 2.63. The predicted molar refractivity (Wildman–Crippen MR) is 68.8 cm³/mol. The van der Waals surface area contributed by atoms with Gasteiger partial charge in [0.05, 0.1) is 5.69 Å². The van der Waals surface area contributed by atoms with Crippen molar-refractivity contribution in [2.75, 3.05) is 5.32 Å². The van der Waals surface area contributed by atoms with Gasteiger partial charge < -0.3 is 10.4 Å². The minimum absolute atomic E-state index is 0.218. The first-order valence-electron chi connectivity index (χ1n) is 5.65. The molecule has 1 aromatic rings. The molecule has 0 saturated heterocycles. The summed E-state index contributed by atoms with van der Waals surface area (Å²) in [7, 11) is 0. The van der Waals surface area contributed by atoms with E-state index in [0.717, 1.165) is 0 Å². The van der Waals surface area contributed by atoms with Gasteiger partial charge in [0.25, 0.3) is 0 Å². The van der Waals surface area contributed by atoms with Crippen LogP contribution in [0.5, 0.6) is 0 Å². The minimum Gasteiger partial charge on any atom is -0.477 e. The molecule has 2 rings (SSSR count). The number of rotatable bonds is 3.